The smallest absolute Gasteiger partial charge is 0.326 e. The second-order valence-corrected chi connectivity index (χ2v) is 24.7. The van der Waals surface area contributed by atoms with Crippen molar-refractivity contribution >= 4 is 70.0 Å². The lowest BCUT2D eigenvalue weighted by atomic mass is 9.98. The minimum Gasteiger partial charge on any atom is -0.480 e. The zero-order chi connectivity index (χ0) is 67.0. The Bertz CT molecular complexity index is 3020. The molecule has 0 spiro atoms. The standard InChI is InChI=1S/C68H101N13O11/c1-7-8-9-10-11-12-13-14-15-16-17-18-19-31-58(83)92-50-34-32-46(33-35-50)38-53(76-64(87)59(44(2)3)79-61(84)52(75-57(82)42-71-6)29-23-36-73-68(69)70)62(85)80-60(45(4)5)65(88)77-54(40-49-41-72-43-74-49)66(89)81-37-24-30-56(81)63(86)78-55(67(90)91)39-48-27-22-26-47-25-20-21-28-51(47)48/h20-22,25-28,32-35,41,43-45,52-56,59-60,71H,7-19,23-24,29-31,36-40,42H2,1-6H3,(H,72,74)(H,75,82)(H,76,87)(H,77,88)(H,78,86)(H,79,84)(H,80,85)(H,90,91)(H4,69,70,73)/t52-,53-,54-,55-,56-,59-,60-/m0/s1. The molecule has 0 aliphatic carbocycles. The van der Waals surface area contributed by atoms with Gasteiger partial charge in [0.15, 0.2) is 5.96 Å². The first-order valence-corrected chi connectivity index (χ1v) is 33.0. The summed E-state index contributed by atoms with van der Waals surface area (Å²) in [7, 11) is 1.57. The normalized spacial score (nSPS) is 14.9. The number of aliphatic imine (C=N–C) groups is 1. The van der Waals surface area contributed by atoms with Gasteiger partial charge in [0.2, 0.25) is 41.4 Å². The summed E-state index contributed by atoms with van der Waals surface area (Å²) >= 11 is 0. The topological polar surface area (TPSA) is 364 Å². The third-order valence-electron chi connectivity index (χ3n) is 16.5. The van der Waals surface area contributed by atoms with Gasteiger partial charge >= 0.3 is 11.9 Å². The number of carbonyl (C=O) groups excluding carboxylic acids is 8. The number of likely N-dealkylation sites (tertiary alicyclic amines) is 1. The van der Waals surface area contributed by atoms with Gasteiger partial charge in [-0.15, -0.1) is 0 Å². The van der Waals surface area contributed by atoms with Crippen molar-refractivity contribution in [2.24, 2.45) is 28.3 Å². The molecule has 1 aliphatic heterocycles. The van der Waals surface area contributed by atoms with Crippen molar-refractivity contribution in [3.63, 3.8) is 0 Å². The van der Waals surface area contributed by atoms with Crippen molar-refractivity contribution in [1.29, 1.82) is 0 Å². The molecule has 2 heterocycles. The second-order valence-electron chi connectivity index (χ2n) is 24.7. The quantitative estimate of drug-likeness (QED) is 0.00852. The molecule has 1 saturated heterocycles. The number of esters is 1. The van der Waals surface area contributed by atoms with Gasteiger partial charge in [0.1, 0.15) is 48.0 Å². The van der Waals surface area contributed by atoms with Crippen LogP contribution in [0.1, 0.15) is 167 Å². The maximum absolute atomic E-state index is 14.9. The molecule has 7 amide bonds. The summed E-state index contributed by atoms with van der Waals surface area (Å²) in [5, 5.41) is 31.5. The fourth-order valence-electron chi connectivity index (χ4n) is 11.4. The lowest BCUT2D eigenvalue weighted by Gasteiger charge is -2.31. The first kappa shape index (κ1) is 74.3. The summed E-state index contributed by atoms with van der Waals surface area (Å²) in [6.07, 6.45) is 19.3. The molecule has 0 bridgehead atoms. The number of H-pyrrole nitrogens is 1. The minimum absolute atomic E-state index is 0.0191. The highest BCUT2D eigenvalue weighted by molar-refractivity contribution is 5.98. The van der Waals surface area contributed by atoms with Crippen LogP contribution in [-0.4, -0.2) is 148 Å². The molecule has 5 rings (SSSR count). The Labute approximate surface area is 541 Å². The van der Waals surface area contributed by atoms with E-state index < -0.39 is 101 Å². The molecule has 1 fully saturated rings. The van der Waals surface area contributed by atoms with Gasteiger partial charge in [0.05, 0.1) is 12.9 Å². The molecular weight excluding hydrogens is 1170 g/mol. The van der Waals surface area contributed by atoms with Crippen LogP contribution in [-0.2, 0) is 62.4 Å². The van der Waals surface area contributed by atoms with Crippen molar-refractivity contribution in [3.05, 3.63) is 96.1 Å². The molecule has 92 heavy (non-hydrogen) atoms. The lowest BCUT2D eigenvalue weighted by molar-refractivity contribution is -0.145. The Balaban J connectivity index is 1.32. The number of rotatable bonds is 42. The number of nitrogens with zero attached hydrogens (tertiary/aromatic N) is 3. The molecule has 7 atom stereocenters. The monoisotopic (exact) mass is 1280 g/mol. The number of nitrogens with two attached hydrogens (primary N) is 2. The van der Waals surface area contributed by atoms with Gasteiger partial charge in [-0.1, -0.05) is 166 Å². The van der Waals surface area contributed by atoms with Crippen molar-refractivity contribution in [2.45, 2.75) is 212 Å². The molecule has 3 aromatic carbocycles. The fraction of sp³-hybridized carbons (Fsp3) is 0.574. The van der Waals surface area contributed by atoms with Crippen LogP contribution in [0.15, 0.2) is 84.2 Å². The Kier molecular flexibility index (Phi) is 32.1. The number of amides is 7. The van der Waals surface area contributed by atoms with Crippen molar-refractivity contribution in [2.75, 3.05) is 26.7 Å². The number of carboxylic acid groups (broad SMARTS) is 1. The van der Waals surface area contributed by atoms with E-state index in [0.29, 0.717) is 30.5 Å². The third kappa shape index (κ3) is 25.3. The Hall–Kier alpha value is -8.41. The number of guanidine groups is 1. The van der Waals surface area contributed by atoms with Gasteiger partial charge < -0.3 is 68.4 Å². The van der Waals surface area contributed by atoms with Crippen molar-refractivity contribution in [3.8, 4) is 5.75 Å². The first-order chi connectivity index (χ1) is 44.2. The molecule has 1 aliphatic rings. The largest absolute Gasteiger partial charge is 0.480 e. The number of likely N-dealkylation sites (N-methyl/N-ethyl adjacent to an activating group) is 1. The van der Waals surface area contributed by atoms with E-state index in [1.807, 2.05) is 42.5 Å². The van der Waals surface area contributed by atoms with Crippen molar-refractivity contribution < 1.29 is 53.0 Å². The van der Waals surface area contributed by atoms with Gasteiger partial charge in [-0.05, 0) is 85.0 Å². The molecule has 0 radical (unpaired) electrons. The average molecular weight is 1280 g/mol. The minimum atomic E-state index is -1.40. The molecule has 4 aromatic rings. The van der Waals surface area contributed by atoms with E-state index >= 15 is 0 Å². The third-order valence-corrected chi connectivity index (χ3v) is 16.5. The number of carbonyl (C=O) groups is 9. The van der Waals surface area contributed by atoms with Crippen LogP contribution < -0.4 is 53.4 Å². The number of imidazole rings is 1. The number of nitrogens with one attached hydrogen (secondary N) is 8. The summed E-state index contributed by atoms with van der Waals surface area (Å²) < 4.78 is 5.68. The number of aromatic amines is 1. The van der Waals surface area contributed by atoms with Crippen LogP contribution in [0, 0.1) is 11.8 Å². The summed E-state index contributed by atoms with van der Waals surface area (Å²) in [6, 6.07) is 10.8. The van der Waals surface area contributed by atoms with E-state index in [9.17, 15) is 48.3 Å². The summed E-state index contributed by atoms with van der Waals surface area (Å²) in [4.78, 5) is 138. The van der Waals surface area contributed by atoms with Crippen molar-refractivity contribution in [1.82, 2.24) is 52.1 Å². The number of aromatic nitrogens is 2. The van der Waals surface area contributed by atoms with E-state index in [0.717, 1.165) is 35.6 Å². The van der Waals surface area contributed by atoms with Crippen LogP contribution >= 0.6 is 0 Å². The maximum atomic E-state index is 14.9. The number of hydrogen-bond donors (Lipinski definition) is 11. The molecule has 13 N–H and O–H groups in total. The van der Waals surface area contributed by atoms with Crippen LogP contribution in [0.5, 0.6) is 5.75 Å². The van der Waals surface area contributed by atoms with Gasteiger partial charge in [-0.2, -0.15) is 0 Å². The fourth-order valence-corrected chi connectivity index (χ4v) is 11.4. The van der Waals surface area contributed by atoms with Gasteiger partial charge in [0, 0.05) is 50.7 Å². The highest BCUT2D eigenvalue weighted by Gasteiger charge is 2.41. The summed E-state index contributed by atoms with van der Waals surface area (Å²) in [5.74, 6) is -7.41. The van der Waals surface area contributed by atoms with Crippen LogP contribution in [0.3, 0.4) is 0 Å². The SMILES string of the molecule is CCCCCCCCCCCCCCCC(=O)Oc1ccc(C[C@H](NC(=O)[C@@H](NC(=O)[C@H](CCCN=C(N)N)NC(=O)CNC)C(C)C)C(=O)N[C@H](C(=O)N[C@@H](Cc2cnc[nH]2)C(=O)N2CCC[C@H]2C(=O)N[C@@H](Cc2cccc3ccccc23)C(=O)O)C(C)C)cc1. The number of benzene rings is 3. The second kappa shape index (κ2) is 39.8. The summed E-state index contributed by atoms with van der Waals surface area (Å²) in [6.45, 7) is 9.21. The van der Waals surface area contributed by atoms with Crippen LogP contribution in [0.25, 0.3) is 10.8 Å². The highest BCUT2D eigenvalue weighted by Crippen LogP contribution is 2.24. The molecule has 24 heteroatoms. The number of aliphatic carboxylic acids is 1. The van der Waals surface area contributed by atoms with Gasteiger partial charge in [-0.3, -0.25) is 43.3 Å². The van der Waals surface area contributed by atoms with E-state index in [4.69, 9.17) is 16.2 Å². The van der Waals surface area contributed by atoms with Gasteiger partial charge in [-0.25, -0.2) is 9.78 Å². The molecule has 1 aromatic heterocycles. The van der Waals surface area contributed by atoms with E-state index in [1.54, 1.807) is 59.0 Å². The Morgan fingerprint density at radius 1 is 0.663 bits per heavy atom. The zero-order valence-electron chi connectivity index (χ0n) is 54.7. The average Bonchev–Trinajstić information content (AvgIpc) is 1.58. The number of hydrogen-bond acceptors (Lipinski definition) is 13. The number of ether oxygens (including phenoxy) is 1. The number of fused-ring (bicyclic) bond motifs is 1. The first-order valence-electron chi connectivity index (χ1n) is 33.0. The predicted molar refractivity (Wildman–Crippen MR) is 354 cm³/mol. The maximum Gasteiger partial charge on any atom is 0.326 e. The van der Waals surface area contributed by atoms with E-state index in [1.165, 1.54) is 75.2 Å². The summed E-state index contributed by atoms with van der Waals surface area (Å²) in [5.41, 5.74) is 12.7. The van der Waals surface area contributed by atoms with Gasteiger partial charge in [0.25, 0.3) is 0 Å². The molecule has 0 unspecified atom stereocenters. The molecule has 24 nitrogen and oxygen atoms in total. The number of unbranched alkanes of at least 4 members (excludes halogenated alkanes) is 12. The zero-order valence-corrected chi connectivity index (χ0v) is 54.7. The molecule has 504 valence electrons. The number of carboxylic acids is 1. The Morgan fingerprint density at radius 3 is 1.85 bits per heavy atom. The van der Waals surface area contributed by atoms with Crippen LogP contribution in [0.2, 0.25) is 0 Å². The van der Waals surface area contributed by atoms with E-state index in [2.05, 4.69) is 59.1 Å². The van der Waals surface area contributed by atoms with Crippen LogP contribution in [0.4, 0.5) is 0 Å². The predicted octanol–water partition coefficient (Wildman–Crippen LogP) is 5.55. The molecule has 0 saturated carbocycles. The Morgan fingerprint density at radius 2 is 1.26 bits per heavy atom. The highest BCUT2D eigenvalue weighted by atomic mass is 16.5. The molecular formula is C68H101N13O11. The van der Waals surface area contributed by atoms with E-state index in [-0.39, 0.29) is 75.8 Å². The lowest BCUT2D eigenvalue weighted by Crippen LogP contribution is -2.61.